The third kappa shape index (κ3) is 3.51. The number of amides is 1. The zero-order chi connectivity index (χ0) is 18.5. The molecule has 0 aliphatic heterocycles. The van der Waals surface area contributed by atoms with E-state index in [1.807, 2.05) is 0 Å². The van der Waals surface area contributed by atoms with Gasteiger partial charge in [-0.1, -0.05) is 5.21 Å². The monoisotopic (exact) mass is 352 g/mol. The second-order valence-corrected chi connectivity index (χ2v) is 5.19. The Hall–Kier alpha value is -3.75. The first-order chi connectivity index (χ1) is 12.6. The van der Waals surface area contributed by atoms with Crippen LogP contribution in [0.25, 0.3) is 5.69 Å². The topological polar surface area (TPSA) is 125 Å². The van der Waals surface area contributed by atoms with Gasteiger partial charge in [-0.25, -0.2) is 4.79 Å². The third-order valence-electron chi connectivity index (χ3n) is 3.49. The van der Waals surface area contributed by atoms with E-state index in [0.29, 0.717) is 16.9 Å². The number of rotatable bonds is 5. The lowest BCUT2D eigenvalue weighted by atomic mass is 10.2. The van der Waals surface area contributed by atoms with E-state index in [4.69, 9.17) is 10.5 Å². The summed E-state index contributed by atoms with van der Waals surface area (Å²) in [5, 5.41) is 10.4. The number of pyridine rings is 1. The highest BCUT2D eigenvalue weighted by Crippen LogP contribution is 2.18. The number of benzene rings is 1. The Labute approximate surface area is 148 Å². The van der Waals surface area contributed by atoms with Crippen molar-refractivity contribution in [2.45, 2.75) is 6.92 Å². The number of hydrogen-bond acceptors (Lipinski definition) is 7. The molecule has 0 bridgehead atoms. The van der Waals surface area contributed by atoms with Crippen LogP contribution in [0, 0.1) is 0 Å². The standard InChI is InChI=1S/C17H16N6O3/c1-2-26-17(25)14-15(18)23(22-21-14)13-5-3-12(4-6-13)20-16(24)11-7-9-19-10-8-11/h3-10H,2,18H2,1H3,(H,20,24). The van der Waals surface area contributed by atoms with Crippen LogP contribution in [0.15, 0.2) is 48.8 Å². The summed E-state index contributed by atoms with van der Waals surface area (Å²) in [6.07, 6.45) is 3.10. The molecule has 0 unspecified atom stereocenters. The molecular formula is C17H16N6O3. The van der Waals surface area contributed by atoms with Gasteiger partial charge in [-0.3, -0.25) is 9.78 Å². The molecule has 3 aromatic rings. The summed E-state index contributed by atoms with van der Waals surface area (Å²) in [6.45, 7) is 1.91. The molecule has 132 valence electrons. The summed E-state index contributed by atoms with van der Waals surface area (Å²) in [6, 6.07) is 10.0. The molecule has 26 heavy (non-hydrogen) atoms. The molecule has 0 fully saturated rings. The number of nitrogens with zero attached hydrogens (tertiary/aromatic N) is 4. The maximum absolute atomic E-state index is 12.1. The van der Waals surface area contributed by atoms with Crippen LogP contribution in [0.4, 0.5) is 11.5 Å². The van der Waals surface area contributed by atoms with Gasteiger partial charge in [-0.05, 0) is 43.3 Å². The third-order valence-corrected chi connectivity index (χ3v) is 3.49. The zero-order valence-electron chi connectivity index (χ0n) is 13.9. The van der Waals surface area contributed by atoms with E-state index in [9.17, 15) is 9.59 Å². The summed E-state index contributed by atoms with van der Waals surface area (Å²) < 4.78 is 6.20. The van der Waals surface area contributed by atoms with E-state index in [1.54, 1.807) is 55.7 Å². The summed E-state index contributed by atoms with van der Waals surface area (Å²) in [5.74, 6) is -0.792. The van der Waals surface area contributed by atoms with Gasteiger partial charge in [0.15, 0.2) is 5.82 Å². The number of hydrogen-bond donors (Lipinski definition) is 2. The molecule has 2 aromatic heterocycles. The van der Waals surface area contributed by atoms with Crippen molar-refractivity contribution in [3.8, 4) is 5.69 Å². The van der Waals surface area contributed by atoms with Crippen molar-refractivity contribution in [2.75, 3.05) is 17.7 Å². The van der Waals surface area contributed by atoms with Gasteiger partial charge in [0.2, 0.25) is 5.69 Å². The van der Waals surface area contributed by atoms with E-state index in [2.05, 4.69) is 20.6 Å². The van der Waals surface area contributed by atoms with Gasteiger partial charge in [0.1, 0.15) is 0 Å². The van der Waals surface area contributed by atoms with Crippen molar-refractivity contribution in [1.29, 1.82) is 0 Å². The first-order valence-electron chi connectivity index (χ1n) is 7.80. The number of esters is 1. The maximum atomic E-state index is 12.1. The van der Waals surface area contributed by atoms with Crippen LogP contribution in [0.1, 0.15) is 27.8 Å². The summed E-state index contributed by atoms with van der Waals surface area (Å²) in [7, 11) is 0. The SMILES string of the molecule is CCOC(=O)c1nnn(-c2ccc(NC(=O)c3ccncc3)cc2)c1N. The lowest BCUT2D eigenvalue weighted by Crippen LogP contribution is -2.12. The predicted molar refractivity (Wildman–Crippen MR) is 93.9 cm³/mol. The number of carbonyl (C=O) groups is 2. The van der Waals surface area contributed by atoms with Crippen LogP contribution in [-0.2, 0) is 4.74 Å². The lowest BCUT2D eigenvalue weighted by Gasteiger charge is -2.07. The fourth-order valence-electron chi connectivity index (χ4n) is 2.22. The quantitative estimate of drug-likeness (QED) is 0.669. The molecule has 0 atom stereocenters. The van der Waals surface area contributed by atoms with Crippen molar-refractivity contribution >= 4 is 23.4 Å². The molecule has 0 aliphatic carbocycles. The molecule has 0 radical (unpaired) electrons. The van der Waals surface area contributed by atoms with Crippen LogP contribution in [0.5, 0.6) is 0 Å². The van der Waals surface area contributed by atoms with Crippen molar-refractivity contribution in [3.63, 3.8) is 0 Å². The Kier molecular flexibility index (Phi) is 4.88. The summed E-state index contributed by atoms with van der Waals surface area (Å²) in [4.78, 5) is 27.7. The van der Waals surface area contributed by atoms with Gasteiger partial charge in [-0.15, -0.1) is 5.10 Å². The van der Waals surface area contributed by atoms with Crippen molar-refractivity contribution in [2.24, 2.45) is 0 Å². The molecule has 9 heteroatoms. The minimum absolute atomic E-state index is 0.0399. The first-order valence-corrected chi connectivity index (χ1v) is 7.80. The predicted octanol–water partition coefficient (Wildman–Crippen LogP) is 1.67. The lowest BCUT2D eigenvalue weighted by molar-refractivity contribution is 0.0520. The first kappa shape index (κ1) is 17.1. The molecule has 0 aliphatic rings. The van der Waals surface area contributed by atoms with Gasteiger partial charge < -0.3 is 15.8 Å². The Balaban J connectivity index is 1.76. The average molecular weight is 352 g/mol. The highest BCUT2D eigenvalue weighted by Gasteiger charge is 2.19. The van der Waals surface area contributed by atoms with E-state index in [1.165, 1.54) is 4.68 Å². The van der Waals surface area contributed by atoms with E-state index >= 15 is 0 Å². The van der Waals surface area contributed by atoms with Gasteiger partial charge >= 0.3 is 5.97 Å². The Morgan fingerprint density at radius 1 is 1.15 bits per heavy atom. The van der Waals surface area contributed by atoms with Crippen LogP contribution >= 0.6 is 0 Å². The number of nitrogens with one attached hydrogen (secondary N) is 1. The normalized spacial score (nSPS) is 10.3. The molecular weight excluding hydrogens is 336 g/mol. The van der Waals surface area contributed by atoms with Crippen molar-refractivity contribution in [1.82, 2.24) is 20.0 Å². The molecule has 1 amide bonds. The molecule has 0 spiro atoms. The minimum Gasteiger partial charge on any atom is -0.461 e. The molecule has 9 nitrogen and oxygen atoms in total. The molecule has 2 heterocycles. The van der Waals surface area contributed by atoms with Gasteiger partial charge in [0.25, 0.3) is 5.91 Å². The highest BCUT2D eigenvalue weighted by atomic mass is 16.5. The maximum Gasteiger partial charge on any atom is 0.362 e. The van der Waals surface area contributed by atoms with Gasteiger partial charge in [-0.2, -0.15) is 4.68 Å². The van der Waals surface area contributed by atoms with Crippen LogP contribution < -0.4 is 11.1 Å². The molecule has 0 saturated heterocycles. The number of carbonyl (C=O) groups excluding carboxylic acids is 2. The summed E-state index contributed by atoms with van der Waals surface area (Å²) in [5.41, 5.74) is 7.57. The van der Waals surface area contributed by atoms with E-state index in [0.717, 1.165) is 0 Å². The second kappa shape index (κ2) is 7.43. The largest absolute Gasteiger partial charge is 0.461 e. The number of anilines is 2. The van der Waals surface area contributed by atoms with Crippen molar-refractivity contribution in [3.05, 3.63) is 60.0 Å². The number of nitrogens with two attached hydrogens (primary N) is 1. The highest BCUT2D eigenvalue weighted by molar-refractivity contribution is 6.04. The molecule has 1 aromatic carbocycles. The summed E-state index contributed by atoms with van der Waals surface area (Å²) >= 11 is 0. The van der Waals surface area contributed by atoms with Crippen LogP contribution in [0.2, 0.25) is 0 Å². The number of aromatic nitrogens is 4. The molecule has 3 N–H and O–H groups in total. The molecule has 3 rings (SSSR count). The van der Waals surface area contributed by atoms with E-state index in [-0.39, 0.29) is 24.0 Å². The van der Waals surface area contributed by atoms with E-state index < -0.39 is 5.97 Å². The fraction of sp³-hybridized carbons (Fsp3) is 0.118. The zero-order valence-corrected chi connectivity index (χ0v) is 13.9. The Morgan fingerprint density at radius 3 is 2.50 bits per heavy atom. The van der Waals surface area contributed by atoms with Crippen LogP contribution in [0.3, 0.4) is 0 Å². The molecule has 0 saturated carbocycles. The second-order valence-electron chi connectivity index (χ2n) is 5.19. The smallest absolute Gasteiger partial charge is 0.362 e. The average Bonchev–Trinajstić information content (AvgIpc) is 3.05. The van der Waals surface area contributed by atoms with Gasteiger partial charge in [0, 0.05) is 23.6 Å². The van der Waals surface area contributed by atoms with Gasteiger partial charge in [0.05, 0.1) is 12.3 Å². The number of nitrogen functional groups attached to an aromatic ring is 1. The Morgan fingerprint density at radius 2 is 1.85 bits per heavy atom. The number of ether oxygens (including phenoxy) is 1. The van der Waals surface area contributed by atoms with Crippen molar-refractivity contribution < 1.29 is 14.3 Å². The minimum atomic E-state index is -0.627. The van der Waals surface area contributed by atoms with Crippen LogP contribution in [-0.4, -0.2) is 38.5 Å². The Bertz CT molecular complexity index is 921. The fourth-order valence-corrected chi connectivity index (χ4v) is 2.22.